The van der Waals surface area contributed by atoms with Crippen molar-refractivity contribution < 1.29 is 17.9 Å². The second-order valence-corrected chi connectivity index (χ2v) is 29.2. The fourth-order valence-corrected chi connectivity index (χ4v) is 24.4. The van der Waals surface area contributed by atoms with Gasteiger partial charge < -0.3 is 0 Å². The molecule has 7 rings (SSSR count). The van der Waals surface area contributed by atoms with Crippen LogP contribution in [0, 0.1) is 0 Å². The van der Waals surface area contributed by atoms with E-state index < -0.39 is 27.4 Å². The third kappa shape index (κ3) is 5.07. The van der Waals surface area contributed by atoms with Crippen LogP contribution in [-0.2, 0) is 23.3 Å². The summed E-state index contributed by atoms with van der Waals surface area (Å²) in [4.78, 5) is 0. The average Bonchev–Trinajstić information content (AvgIpc) is 3.59. The number of halogens is 2. The van der Waals surface area contributed by atoms with Gasteiger partial charge in [0.05, 0.1) is 0 Å². The molecule has 1 unspecified atom stereocenters. The van der Waals surface area contributed by atoms with Gasteiger partial charge in [0.25, 0.3) is 0 Å². The first-order valence-corrected chi connectivity index (χ1v) is 26.2. The Balaban J connectivity index is 1.45. The van der Waals surface area contributed by atoms with E-state index in [1.165, 1.54) is 69.3 Å². The maximum absolute atomic E-state index is 7.96. The van der Waals surface area contributed by atoms with Crippen LogP contribution in [0.25, 0.3) is 39.5 Å². The van der Waals surface area contributed by atoms with Gasteiger partial charge >= 0.3 is 279 Å². The van der Waals surface area contributed by atoms with Crippen molar-refractivity contribution in [3.05, 3.63) is 131 Å². The molecule has 0 radical (unpaired) electrons. The molecule has 44 heavy (non-hydrogen) atoms. The van der Waals surface area contributed by atoms with Gasteiger partial charge in [-0.2, -0.15) is 0 Å². The number of fused-ring (bicyclic) bond motifs is 4. The number of hydrogen-bond donors (Lipinski definition) is 0. The van der Waals surface area contributed by atoms with Crippen LogP contribution in [0.2, 0.25) is 0 Å². The molecule has 0 saturated carbocycles. The quantitative estimate of drug-likeness (QED) is 0.151. The molecule has 1 aliphatic carbocycles. The van der Waals surface area contributed by atoms with Crippen LogP contribution < -0.4 is 13.6 Å². The van der Waals surface area contributed by atoms with Crippen LogP contribution in [-0.4, -0.2) is 9.52 Å². The second-order valence-electron chi connectivity index (χ2n) is 13.3. The first-order valence-electron chi connectivity index (χ1n) is 15.8. The standard InChI is InChI=1S/C28H29.C12H9Si.2ClH.Zr/c1-5-11-20-18-22-16-17-26(28(2,3)4)27(25(22)19-20)24-15-10-9-14-23(24)21-12-7-6-8-13-21;1-3-7-11-9(5-1)10-6-2-4-8-12(10)13-11;;;/h6-10,12-19H,5,11H2,1-4H3;1-7H,13H2;2*1H;/q;;;;+2/p-2. The predicted octanol–water partition coefficient (Wildman–Crippen LogP) is 9.44. The molecule has 1 aliphatic heterocycles. The molecule has 2 aliphatic rings. The van der Waals surface area contributed by atoms with Crippen LogP contribution in [0.5, 0.6) is 0 Å². The van der Waals surface area contributed by atoms with Gasteiger partial charge in [-0.15, -0.1) is 0 Å². The Bertz CT molecular complexity index is 1920. The number of benzene rings is 5. The van der Waals surface area contributed by atoms with Gasteiger partial charge in [-0.3, -0.25) is 0 Å². The van der Waals surface area contributed by atoms with Gasteiger partial charge in [-0.05, 0) is 0 Å². The van der Waals surface area contributed by atoms with E-state index in [0.717, 1.165) is 12.8 Å². The van der Waals surface area contributed by atoms with Gasteiger partial charge in [0.15, 0.2) is 0 Å². The molecular weight excluding hydrogens is 671 g/mol. The van der Waals surface area contributed by atoms with Crippen molar-refractivity contribution in [1.82, 2.24) is 0 Å². The van der Waals surface area contributed by atoms with E-state index >= 15 is 0 Å². The van der Waals surface area contributed by atoms with Crippen molar-refractivity contribution >= 4 is 46.3 Å². The Hall–Kier alpha value is -2.48. The Morgan fingerprint density at radius 2 is 1.36 bits per heavy atom. The number of rotatable bonds is 6. The van der Waals surface area contributed by atoms with Crippen molar-refractivity contribution in [2.24, 2.45) is 0 Å². The Morgan fingerprint density at radius 1 is 0.705 bits per heavy atom. The molecular formula is C40H38Cl2SiZr. The summed E-state index contributed by atoms with van der Waals surface area (Å²) >= 11 is -4.05. The molecule has 4 heteroatoms. The second kappa shape index (κ2) is 11.7. The molecule has 0 spiro atoms. The third-order valence-corrected chi connectivity index (χ3v) is 23.8. The van der Waals surface area contributed by atoms with Crippen molar-refractivity contribution in [1.29, 1.82) is 0 Å². The van der Waals surface area contributed by atoms with Gasteiger partial charge in [0.2, 0.25) is 0 Å². The first kappa shape index (κ1) is 30.2. The number of allylic oxidation sites excluding steroid dienone is 1. The van der Waals surface area contributed by atoms with Gasteiger partial charge in [-0.1, -0.05) is 0 Å². The van der Waals surface area contributed by atoms with Crippen molar-refractivity contribution in [3.8, 4) is 33.4 Å². The molecule has 0 amide bonds. The normalized spacial score (nSPS) is 16.0. The van der Waals surface area contributed by atoms with Crippen LogP contribution in [0.1, 0.15) is 60.9 Å². The van der Waals surface area contributed by atoms with Crippen molar-refractivity contribution in [3.63, 3.8) is 0 Å². The van der Waals surface area contributed by atoms with Crippen LogP contribution in [0.4, 0.5) is 0 Å². The van der Waals surface area contributed by atoms with Crippen LogP contribution in [0.3, 0.4) is 0 Å². The zero-order valence-electron chi connectivity index (χ0n) is 25.9. The van der Waals surface area contributed by atoms with E-state index in [-0.39, 0.29) is 9.04 Å². The van der Waals surface area contributed by atoms with E-state index in [0.29, 0.717) is 0 Å². The Labute approximate surface area is 276 Å². The average molecular weight is 709 g/mol. The van der Waals surface area contributed by atoms with Gasteiger partial charge in [-0.25, -0.2) is 0 Å². The first-order chi connectivity index (χ1) is 21.2. The molecule has 1 heterocycles. The SMILES string of the molecule is CCCC1=Cc2c(ccc(C(C)(C)C)c2-c2ccccc2-c2ccccc2)[CH]1[Zr]([Cl])([Cl])[c]1cccc2c1[SiH2]c1ccccc1-2. The molecule has 1 atom stereocenters. The molecule has 0 nitrogen and oxygen atoms in total. The summed E-state index contributed by atoms with van der Waals surface area (Å²) in [5.74, 6) is 0. The summed E-state index contributed by atoms with van der Waals surface area (Å²) in [7, 11) is 15.3. The van der Waals surface area contributed by atoms with E-state index in [9.17, 15) is 0 Å². The fraction of sp³-hybridized carbons (Fsp3) is 0.200. The summed E-state index contributed by atoms with van der Waals surface area (Å²) in [6.45, 7) is 9.26. The molecule has 0 bridgehead atoms. The topological polar surface area (TPSA) is 0 Å². The summed E-state index contributed by atoms with van der Waals surface area (Å²) < 4.78 is 1.39. The van der Waals surface area contributed by atoms with E-state index in [4.69, 9.17) is 17.0 Å². The van der Waals surface area contributed by atoms with Crippen LogP contribution in [0.15, 0.2) is 115 Å². The fourth-order valence-electron chi connectivity index (χ4n) is 7.56. The number of hydrogen-bond acceptors (Lipinski definition) is 0. The Morgan fingerprint density at radius 3 is 2.09 bits per heavy atom. The van der Waals surface area contributed by atoms with Gasteiger partial charge in [0, 0.05) is 0 Å². The molecule has 0 saturated heterocycles. The third-order valence-electron chi connectivity index (χ3n) is 9.49. The molecule has 5 aromatic rings. The molecule has 0 fully saturated rings. The summed E-state index contributed by atoms with van der Waals surface area (Å²) in [5, 5.41) is 3.00. The molecule has 0 aromatic heterocycles. The molecule has 5 aromatic carbocycles. The van der Waals surface area contributed by atoms with E-state index in [1.54, 1.807) is 0 Å². The van der Waals surface area contributed by atoms with E-state index in [2.05, 4.69) is 143 Å². The summed E-state index contributed by atoms with van der Waals surface area (Å²) in [6, 6.07) is 40.1. The zero-order chi connectivity index (χ0) is 30.6. The minimum absolute atomic E-state index is 0.0368. The van der Waals surface area contributed by atoms with Gasteiger partial charge in [0.1, 0.15) is 0 Å². The summed E-state index contributed by atoms with van der Waals surface area (Å²) in [6.07, 6.45) is 4.57. The van der Waals surface area contributed by atoms with E-state index in [1.807, 2.05) is 0 Å². The predicted molar refractivity (Wildman–Crippen MR) is 193 cm³/mol. The minimum atomic E-state index is -4.05. The maximum atomic E-state index is 7.96. The monoisotopic (exact) mass is 706 g/mol. The zero-order valence-corrected chi connectivity index (χ0v) is 31.3. The van der Waals surface area contributed by atoms with Crippen molar-refractivity contribution in [2.45, 2.75) is 49.6 Å². The summed E-state index contributed by atoms with van der Waals surface area (Å²) in [5.41, 5.74) is 13.3. The molecule has 0 N–H and O–H groups in total. The molecule has 220 valence electrons. The van der Waals surface area contributed by atoms with Crippen LogP contribution >= 0.6 is 17.0 Å². The van der Waals surface area contributed by atoms with Crippen molar-refractivity contribution in [2.75, 3.05) is 0 Å². The Kier molecular flexibility index (Phi) is 8.03.